The number of rotatable bonds is 3. The summed E-state index contributed by atoms with van der Waals surface area (Å²) in [5, 5.41) is 0. The molecule has 0 saturated heterocycles. The van der Waals surface area contributed by atoms with Crippen molar-refractivity contribution in [1.29, 1.82) is 0 Å². The highest BCUT2D eigenvalue weighted by molar-refractivity contribution is 7.98. The number of hydrogen-bond acceptors (Lipinski definition) is 1. The first-order valence-electron chi connectivity index (χ1n) is 7.65. The monoisotopic (exact) mass is 314 g/mol. The Morgan fingerprint density at radius 3 is 2.77 bits per heavy atom. The van der Waals surface area contributed by atoms with Crippen LogP contribution in [0.2, 0.25) is 0 Å². The van der Waals surface area contributed by atoms with Crippen molar-refractivity contribution in [3.05, 3.63) is 71.0 Å². The number of nitrogens with one attached hydrogen (secondary N) is 1. The number of thioether (sulfide) groups is 1. The Morgan fingerprint density at radius 1 is 1.14 bits per heavy atom. The summed E-state index contributed by atoms with van der Waals surface area (Å²) < 4.78 is 13.8. The number of benzene rings is 2. The molecule has 0 spiro atoms. The van der Waals surface area contributed by atoms with E-state index in [1.807, 2.05) is 17.8 Å². The van der Waals surface area contributed by atoms with Crippen LogP contribution in [0.1, 0.15) is 23.1 Å². The van der Waals surface area contributed by atoms with Crippen molar-refractivity contribution < 1.29 is 9.29 Å². The van der Waals surface area contributed by atoms with Crippen LogP contribution < -0.4 is 4.90 Å². The van der Waals surface area contributed by atoms with E-state index in [2.05, 4.69) is 44.4 Å². The summed E-state index contributed by atoms with van der Waals surface area (Å²) in [7, 11) is 4.31. The third kappa shape index (κ3) is 3.26. The van der Waals surface area contributed by atoms with Crippen LogP contribution in [0.25, 0.3) is 5.57 Å². The van der Waals surface area contributed by atoms with E-state index >= 15 is 0 Å². The van der Waals surface area contributed by atoms with E-state index in [9.17, 15) is 4.39 Å². The maximum atomic E-state index is 13.8. The van der Waals surface area contributed by atoms with Gasteiger partial charge in [-0.3, -0.25) is 0 Å². The molecule has 0 bridgehead atoms. The van der Waals surface area contributed by atoms with E-state index in [1.54, 1.807) is 12.1 Å². The minimum atomic E-state index is -0.160. The highest BCUT2D eigenvalue weighted by Gasteiger charge is 2.18. The van der Waals surface area contributed by atoms with Gasteiger partial charge in [0, 0.05) is 17.1 Å². The summed E-state index contributed by atoms with van der Waals surface area (Å²) in [5.74, 6) is 0.732. The van der Waals surface area contributed by atoms with Gasteiger partial charge in [0.15, 0.2) is 0 Å². The molecule has 1 heterocycles. The van der Waals surface area contributed by atoms with E-state index in [4.69, 9.17) is 0 Å². The zero-order valence-electron chi connectivity index (χ0n) is 13.0. The SMILES string of the molecule is C[NH+](C)CC/C=C1\c2cc(F)ccc2CSc2ccccc21. The summed E-state index contributed by atoms with van der Waals surface area (Å²) in [6.45, 7) is 1.07. The highest BCUT2D eigenvalue weighted by Crippen LogP contribution is 2.40. The van der Waals surface area contributed by atoms with Gasteiger partial charge in [-0.2, -0.15) is 0 Å². The lowest BCUT2D eigenvalue weighted by atomic mass is 9.93. The fraction of sp³-hybridized carbons (Fsp3) is 0.263. The second-order valence-electron chi connectivity index (χ2n) is 5.95. The molecule has 1 aliphatic heterocycles. The first-order chi connectivity index (χ1) is 10.6. The number of quaternary nitrogens is 1. The van der Waals surface area contributed by atoms with Crippen molar-refractivity contribution in [2.24, 2.45) is 0 Å². The molecule has 0 aromatic heterocycles. The molecule has 1 aliphatic rings. The predicted octanol–water partition coefficient (Wildman–Crippen LogP) is 3.40. The smallest absolute Gasteiger partial charge is 0.123 e. The lowest BCUT2D eigenvalue weighted by Gasteiger charge is -2.12. The van der Waals surface area contributed by atoms with Gasteiger partial charge in [-0.15, -0.1) is 11.8 Å². The summed E-state index contributed by atoms with van der Waals surface area (Å²) in [6.07, 6.45) is 3.27. The van der Waals surface area contributed by atoms with Crippen LogP contribution in [-0.4, -0.2) is 20.6 Å². The van der Waals surface area contributed by atoms with Crippen LogP contribution in [0.3, 0.4) is 0 Å². The van der Waals surface area contributed by atoms with E-state index in [-0.39, 0.29) is 5.82 Å². The molecule has 1 nitrogen and oxygen atoms in total. The van der Waals surface area contributed by atoms with Crippen molar-refractivity contribution in [2.45, 2.75) is 17.1 Å². The van der Waals surface area contributed by atoms with Gasteiger partial charge in [-0.25, -0.2) is 4.39 Å². The number of fused-ring (bicyclic) bond motifs is 2. The van der Waals surface area contributed by atoms with Crippen LogP contribution >= 0.6 is 11.8 Å². The van der Waals surface area contributed by atoms with Gasteiger partial charge in [0.25, 0.3) is 0 Å². The lowest BCUT2D eigenvalue weighted by molar-refractivity contribution is -0.857. The molecule has 0 unspecified atom stereocenters. The van der Waals surface area contributed by atoms with Gasteiger partial charge >= 0.3 is 0 Å². The van der Waals surface area contributed by atoms with Crippen LogP contribution in [0, 0.1) is 5.82 Å². The lowest BCUT2D eigenvalue weighted by Crippen LogP contribution is -3.05. The summed E-state index contributed by atoms with van der Waals surface area (Å²) >= 11 is 1.83. The van der Waals surface area contributed by atoms with Crippen molar-refractivity contribution in [3.8, 4) is 0 Å². The Hall–Kier alpha value is -1.58. The Bertz CT molecular complexity index is 706. The van der Waals surface area contributed by atoms with Crippen molar-refractivity contribution >= 4 is 17.3 Å². The molecular formula is C19H21FNS+. The normalized spacial score (nSPS) is 15.5. The van der Waals surface area contributed by atoms with Crippen molar-refractivity contribution in [3.63, 3.8) is 0 Å². The topological polar surface area (TPSA) is 4.44 Å². The maximum Gasteiger partial charge on any atom is 0.123 e. The Morgan fingerprint density at radius 2 is 1.95 bits per heavy atom. The minimum absolute atomic E-state index is 0.160. The molecular weight excluding hydrogens is 293 g/mol. The zero-order chi connectivity index (χ0) is 15.5. The van der Waals surface area contributed by atoms with Crippen LogP contribution in [0.4, 0.5) is 4.39 Å². The number of hydrogen-bond donors (Lipinski definition) is 1. The molecule has 22 heavy (non-hydrogen) atoms. The summed E-state index contributed by atoms with van der Waals surface area (Å²) in [6, 6.07) is 13.6. The summed E-state index contributed by atoms with van der Waals surface area (Å²) in [5.41, 5.74) is 4.67. The van der Waals surface area contributed by atoms with Crippen molar-refractivity contribution in [1.82, 2.24) is 0 Å². The van der Waals surface area contributed by atoms with Gasteiger partial charge in [0.1, 0.15) is 5.82 Å². The second-order valence-corrected chi connectivity index (χ2v) is 6.97. The summed E-state index contributed by atoms with van der Waals surface area (Å²) in [4.78, 5) is 2.70. The van der Waals surface area contributed by atoms with E-state index < -0.39 is 0 Å². The third-order valence-corrected chi connectivity index (χ3v) is 5.04. The standard InChI is InChI=1S/C19H20FNS/c1-21(2)11-5-7-16-17-6-3-4-8-19(17)22-13-14-9-10-15(20)12-18(14)16/h3-4,6-10,12H,5,11,13H2,1-2H3/p+1/b16-7-. The molecule has 114 valence electrons. The van der Waals surface area contributed by atoms with Gasteiger partial charge in [0.05, 0.1) is 20.6 Å². The Labute approximate surface area is 135 Å². The predicted molar refractivity (Wildman–Crippen MR) is 91.8 cm³/mol. The van der Waals surface area contributed by atoms with Crippen molar-refractivity contribution in [2.75, 3.05) is 20.6 Å². The molecule has 0 saturated carbocycles. The fourth-order valence-electron chi connectivity index (χ4n) is 2.77. The van der Waals surface area contributed by atoms with Gasteiger partial charge in [-0.05, 0) is 40.5 Å². The molecule has 0 aliphatic carbocycles. The van der Waals surface area contributed by atoms with E-state index in [0.717, 1.165) is 24.3 Å². The first-order valence-corrected chi connectivity index (χ1v) is 8.64. The minimum Gasteiger partial charge on any atom is -0.340 e. The average molecular weight is 314 g/mol. The second kappa shape index (κ2) is 6.67. The molecule has 2 aromatic rings. The van der Waals surface area contributed by atoms with Crippen LogP contribution in [0.15, 0.2) is 53.4 Å². The molecule has 3 heteroatoms. The Balaban J connectivity index is 2.10. The van der Waals surface area contributed by atoms with Gasteiger partial charge in [-0.1, -0.05) is 30.3 Å². The van der Waals surface area contributed by atoms with Gasteiger partial charge < -0.3 is 4.90 Å². The van der Waals surface area contributed by atoms with E-state index in [1.165, 1.54) is 26.5 Å². The molecule has 1 N–H and O–H groups in total. The molecule has 2 aromatic carbocycles. The quantitative estimate of drug-likeness (QED) is 0.910. The molecule has 0 amide bonds. The third-order valence-electron chi connectivity index (χ3n) is 3.92. The number of halogens is 1. The molecule has 0 atom stereocenters. The van der Waals surface area contributed by atoms with Gasteiger partial charge in [0.2, 0.25) is 0 Å². The average Bonchev–Trinajstić information content (AvgIpc) is 2.65. The van der Waals surface area contributed by atoms with Crippen LogP contribution in [0.5, 0.6) is 0 Å². The Kier molecular flexibility index (Phi) is 4.65. The largest absolute Gasteiger partial charge is 0.340 e. The van der Waals surface area contributed by atoms with E-state index in [0.29, 0.717) is 0 Å². The fourth-order valence-corrected chi connectivity index (χ4v) is 3.84. The maximum absolute atomic E-state index is 13.8. The molecule has 0 radical (unpaired) electrons. The highest BCUT2D eigenvalue weighted by atomic mass is 32.2. The first kappa shape index (κ1) is 15.3. The zero-order valence-corrected chi connectivity index (χ0v) is 13.8. The molecule has 3 rings (SSSR count). The van der Waals surface area contributed by atoms with Crippen LogP contribution in [-0.2, 0) is 5.75 Å². The molecule has 0 fully saturated rings.